The van der Waals surface area contributed by atoms with Crippen molar-refractivity contribution in [2.24, 2.45) is 11.3 Å². The molecule has 0 radical (unpaired) electrons. The minimum absolute atomic E-state index is 0.0490. The molecule has 0 heterocycles. The van der Waals surface area contributed by atoms with Crippen molar-refractivity contribution in [1.29, 1.82) is 10.8 Å². The summed E-state index contributed by atoms with van der Waals surface area (Å²) in [4.78, 5) is -0.0490. The van der Waals surface area contributed by atoms with E-state index < -0.39 is 0 Å². The van der Waals surface area contributed by atoms with Crippen LogP contribution in [0.4, 0.5) is 0 Å². The second-order valence-corrected chi connectivity index (χ2v) is 4.92. The van der Waals surface area contributed by atoms with Gasteiger partial charge in [-0.1, -0.05) is 6.42 Å². The lowest BCUT2D eigenvalue weighted by Gasteiger charge is -2.53. The van der Waals surface area contributed by atoms with E-state index in [1.807, 2.05) is 0 Å². The SMILES string of the molecule is N=C(Br)OC(=N)C1CC2(CCC2)C1. The van der Waals surface area contributed by atoms with E-state index in [1.165, 1.54) is 19.3 Å². The predicted molar refractivity (Wildman–Crippen MR) is 54.5 cm³/mol. The zero-order valence-corrected chi connectivity index (χ0v) is 8.99. The van der Waals surface area contributed by atoms with Gasteiger partial charge < -0.3 is 4.74 Å². The van der Waals surface area contributed by atoms with Gasteiger partial charge in [-0.25, -0.2) is 0 Å². The molecule has 0 saturated heterocycles. The second-order valence-electron chi connectivity index (χ2n) is 4.20. The molecule has 0 bridgehead atoms. The maximum Gasteiger partial charge on any atom is 0.257 e. The minimum atomic E-state index is -0.0490. The summed E-state index contributed by atoms with van der Waals surface area (Å²) >= 11 is 2.88. The van der Waals surface area contributed by atoms with E-state index in [1.54, 1.807) is 0 Å². The van der Waals surface area contributed by atoms with Crippen LogP contribution in [0.1, 0.15) is 32.1 Å². The molecule has 2 fully saturated rings. The number of rotatable bonds is 1. The average Bonchev–Trinajstić information content (AvgIpc) is 1.77. The fraction of sp³-hybridized carbons (Fsp3) is 0.778. The summed E-state index contributed by atoms with van der Waals surface area (Å²) < 4.78 is 4.90. The fourth-order valence-electron chi connectivity index (χ4n) is 2.44. The Labute approximate surface area is 86.0 Å². The lowest BCUT2D eigenvalue weighted by molar-refractivity contribution is -0.00212. The van der Waals surface area contributed by atoms with Crippen molar-refractivity contribution in [2.45, 2.75) is 32.1 Å². The molecule has 2 N–H and O–H groups in total. The quantitative estimate of drug-likeness (QED) is 0.541. The maximum absolute atomic E-state index is 7.56. The molecule has 4 heteroatoms. The van der Waals surface area contributed by atoms with Gasteiger partial charge in [-0.15, -0.1) is 0 Å². The van der Waals surface area contributed by atoms with Crippen molar-refractivity contribution in [2.75, 3.05) is 0 Å². The molecule has 2 saturated carbocycles. The molecule has 0 atom stereocenters. The van der Waals surface area contributed by atoms with E-state index in [-0.39, 0.29) is 16.6 Å². The standard InChI is InChI=1S/C9H13BrN2O/c10-8(12)13-7(11)6-4-9(5-6)2-1-3-9/h6,11-12H,1-5H2. The molecule has 2 rings (SSSR count). The molecule has 0 aromatic carbocycles. The van der Waals surface area contributed by atoms with Crippen LogP contribution in [-0.2, 0) is 4.74 Å². The van der Waals surface area contributed by atoms with Gasteiger partial charge in [-0.3, -0.25) is 10.8 Å². The van der Waals surface area contributed by atoms with E-state index in [2.05, 4.69) is 15.9 Å². The van der Waals surface area contributed by atoms with E-state index >= 15 is 0 Å². The van der Waals surface area contributed by atoms with Crippen LogP contribution in [0.2, 0.25) is 0 Å². The first-order valence-electron chi connectivity index (χ1n) is 4.62. The van der Waals surface area contributed by atoms with Crippen LogP contribution in [0.5, 0.6) is 0 Å². The number of ether oxygens (including phenoxy) is 1. The number of hydrogen-bond donors (Lipinski definition) is 2. The highest BCUT2D eigenvalue weighted by molar-refractivity contribution is 9.18. The van der Waals surface area contributed by atoms with Gasteiger partial charge >= 0.3 is 0 Å². The third kappa shape index (κ3) is 1.64. The first-order valence-corrected chi connectivity index (χ1v) is 5.41. The van der Waals surface area contributed by atoms with Crippen molar-refractivity contribution in [3.05, 3.63) is 0 Å². The third-order valence-corrected chi connectivity index (χ3v) is 3.51. The highest BCUT2D eigenvalue weighted by Gasteiger charge is 2.50. The molecule has 3 nitrogen and oxygen atoms in total. The highest BCUT2D eigenvalue weighted by Crippen LogP contribution is 2.58. The molecular weight excluding hydrogens is 232 g/mol. The highest BCUT2D eigenvalue weighted by atomic mass is 79.9. The number of halogens is 1. The first-order chi connectivity index (χ1) is 6.11. The minimum Gasteiger partial charge on any atom is -0.419 e. The van der Waals surface area contributed by atoms with Crippen LogP contribution in [0, 0.1) is 22.2 Å². The van der Waals surface area contributed by atoms with Crippen LogP contribution in [0.25, 0.3) is 0 Å². The lowest BCUT2D eigenvalue weighted by atomic mass is 9.52. The van der Waals surface area contributed by atoms with Gasteiger partial charge in [0.2, 0.25) is 0 Å². The Morgan fingerprint density at radius 3 is 2.31 bits per heavy atom. The molecule has 2 aliphatic rings. The Kier molecular flexibility index (Phi) is 2.18. The van der Waals surface area contributed by atoms with Gasteiger partial charge in [0, 0.05) is 21.8 Å². The molecule has 0 aliphatic heterocycles. The fourth-order valence-corrected chi connectivity index (χ4v) is 2.61. The van der Waals surface area contributed by atoms with Crippen LogP contribution < -0.4 is 0 Å². The van der Waals surface area contributed by atoms with E-state index in [0.717, 1.165) is 12.8 Å². The number of nitrogens with one attached hydrogen (secondary N) is 2. The monoisotopic (exact) mass is 244 g/mol. The molecule has 0 amide bonds. The van der Waals surface area contributed by atoms with Gasteiger partial charge in [-0.05, 0) is 31.1 Å². The normalized spacial score (nSPS) is 24.7. The van der Waals surface area contributed by atoms with Crippen LogP contribution >= 0.6 is 15.9 Å². The van der Waals surface area contributed by atoms with Gasteiger partial charge in [0.25, 0.3) is 4.81 Å². The smallest absolute Gasteiger partial charge is 0.257 e. The maximum atomic E-state index is 7.56. The number of hydrogen-bond acceptors (Lipinski definition) is 3. The predicted octanol–water partition coefficient (Wildman–Crippen LogP) is 2.89. The van der Waals surface area contributed by atoms with Crippen LogP contribution in [0.15, 0.2) is 0 Å². The molecule has 0 aromatic heterocycles. The van der Waals surface area contributed by atoms with Crippen molar-refractivity contribution in [3.63, 3.8) is 0 Å². The summed E-state index contributed by atoms with van der Waals surface area (Å²) in [5.74, 6) is 0.539. The van der Waals surface area contributed by atoms with Gasteiger partial charge in [-0.2, -0.15) is 0 Å². The van der Waals surface area contributed by atoms with Crippen molar-refractivity contribution >= 4 is 26.6 Å². The van der Waals surface area contributed by atoms with Crippen molar-refractivity contribution in [1.82, 2.24) is 0 Å². The van der Waals surface area contributed by atoms with Crippen molar-refractivity contribution in [3.8, 4) is 0 Å². The summed E-state index contributed by atoms with van der Waals surface area (Å²) in [7, 11) is 0. The second kappa shape index (κ2) is 3.08. The van der Waals surface area contributed by atoms with Gasteiger partial charge in [0.15, 0.2) is 5.90 Å². The Morgan fingerprint density at radius 2 is 1.92 bits per heavy atom. The molecule has 1 spiro atoms. The molecule has 2 aliphatic carbocycles. The van der Waals surface area contributed by atoms with E-state index in [4.69, 9.17) is 15.6 Å². The Morgan fingerprint density at radius 1 is 1.31 bits per heavy atom. The summed E-state index contributed by atoms with van der Waals surface area (Å²) in [5.41, 5.74) is 0.578. The average molecular weight is 245 g/mol. The summed E-state index contributed by atoms with van der Waals surface area (Å²) in [6.07, 6.45) is 6.23. The molecule has 13 heavy (non-hydrogen) atoms. The Hall–Kier alpha value is -0.380. The summed E-state index contributed by atoms with van der Waals surface area (Å²) in [5, 5.41) is 14.6. The zero-order valence-electron chi connectivity index (χ0n) is 7.40. The summed E-state index contributed by atoms with van der Waals surface area (Å²) in [6.45, 7) is 0. The van der Waals surface area contributed by atoms with Gasteiger partial charge in [0.1, 0.15) is 0 Å². The summed E-state index contributed by atoms with van der Waals surface area (Å²) in [6, 6.07) is 0. The molecule has 72 valence electrons. The van der Waals surface area contributed by atoms with E-state index in [9.17, 15) is 0 Å². The largest absolute Gasteiger partial charge is 0.419 e. The Bertz CT molecular complexity index is 252. The topological polar surface area (TPSA) is 56.9 Å². The third-order valence-electron chi connectivity index (χ3n) is 3.34. The lowest BCUT2D eigenvalue weighted by Crippen LogP contribution is -2.46. The van der Waals surface area contributed by atoms with Crippen molar-refractivity contribution < 1.29 is 4.74 Å². The molecule has 0 aromatic rings. The van der Waals surface area contributed by atoms with Gasteiger partial charge in [0.05, 0.1) is 0 Å². The van der Waals surface area contributed by atoms with Crippen LogP contribution in [0.3, 0.4) is 0 Å². The Balaban J connectivity index is 1.79. The van der Waals surface area contributed by atoms with Crippen LogP contribution in [-0.4, -0.2) is 10.7 Å². The van der Waals surface area contributed by atoms with E-state index in [0.29, 0.717) is 5.41 Å². The zero-order chi connectivity index (χ0) is 9.47. The molecule has 0 unspecified atom stereocenters. The molecular formula is C9H13BrN2O. The first kappa shape index (κ1) is 9.19.